The first-order valence-corrected chi connectivity index (χ1v) is 7.87. The molecule has 0 spiro atoms. The van der Waals surface area contributed by atoms with E-state index in [4.69, 9.17) is 0 Å². The molecule has 2 aliphatic rings. The minimum absolute atomic E-state index is 0.612. The maximum Gasteiger partial charge on any atom is -0.00451 e. The molecule has 0 N–H and O–H groups in total. The average Bonchev–Trinajstić information content (AvgIpc) is 2.49. The number of hydrogen-bond acceptors (Lipinski definition) is 0. The van der Waals surface area contributed by atoms with Gasteiger partial charge in [0.15, 0.2) is 0 Å². The van der Waals surface area contributed by atoms with Crippen LogP contribution >= 0.6 is 22.6 Å². The van der Waals surface area contributed by atoms with Crippen LogP contribution in [0.1, 0.15) is 18.4 Å². The van der Waals surface area contributed by atoms with Crippen LogP contribution in [0.4, 0.5) is 0 Å². The van der Waals surface area contributed by atoms with Gasteiger partial charge < -0.3 is 0 Å². The molecule has 0 fully saturated rings. The number of benzene rings is 1. The standard InChI is InChI=1S/C18H17I/c19-16-11-12-17(14-7-3-1-4-8-14)18(13-16)15-9-5-2-6-10-15/h1-9,11-12,15,18H,10,13H2. The Labute approximate surface area is 128 Å². The van der Waals surface area contributed by atoms with Crippen LogP contribution in [0.2, 0.25) is 0 Å². The van der Waals surface area contributed by atoms with Gasteiger partial charge in [-0.25, -0.2) is 0 Å². The molecule has 1 aromatic rings. The topological polar surface area (TPSA) is 0 Å². The van der Waals surface area contributed by atoms with E-state index in [1.165, 1.54) is 21.1 Å². The van der Waals surface area contributed by atoms with Crippen molar-refractivity contribution in [2.24, 2.45) is 11.8 Å². The van der Waals surface area contributed by atoms with Gasteiger partial charge in [0.25, 0.3) is 0 Å². The molecule has 0 amide bonds. The van der Waals surface area contributed by atoms with E-state index in [1.54, 1.807) is 0 Å². The molecule has 0 saturated carbocycles. The minimum atomic E-state index is 0.612. The Hall–Kier alpha value is -1.09. The lowest BCUT2D eigenvalue weighted by Gasteiger charge is -2.30. The molecule has 0 aromatic heterocycles. The summed E-state index contributed by atoms with van der Waals surface area (Å²) in [6, 6.07) is 10.8. The van der Waals surface area contributed by atoms with Crippen LogP contribution in [0.5, 0.6) is 0 Å². The zero-order valence-electron chi connectivity index (χ0n) is 10.8. The quantitative estimate of drug-likeness (QED) is 0.608. The third-order valence-electron chi connectivity index (χ3n) is 3.90. The van der Waals surface area contributed by atoms with E-state index in [2.05, 4.69) is 89.4 Å². The Morgan fingerprint density at radius 3 is 2.58 bits per heavy atom. The van der Waals surface area contributed by atoms with Crippen LogP contribution in [-0.4, -0.2) is 0 Å². The lowest BCUT2D eigenvalue weighted by Crippen LogP contribution is -2.17. The van der Waals surface area contributed by atoms with E-state index in [1.807, 2.05) is 0 Å². The summed E-state index contributed by atoms with van der Waals surface area (Å²) in [5.41, 5.74) is 2.86. The third kappa shape index (κ3) is 2.92. The Bertz CT molecular complexity index is 561. The van der Waals surface area contributed by atoms with Crippen LogP contribution in [0, 0.1) is 11.8 Å². The minimum Gasteiger partial charge on any atom is -0.0839 e. The fourth-order valence-corrected chi connectivity index (χ4v) is 3.57. The Morgan fingerprint density at radius 2 is 1.84 bits per heavy atom. The Morgan fingerprint density at radius 1 is 1.00 bits per heavy atom. The van der Waals surface area contributed by atoms with Crippen molar-refractivity contribution in [1.82, 2.24) is 0 Å². The van der Waals surface area contributed by atoms with Crippen molar-refractivity contribution in [1.29, 1.82) is 0 Å². The molecule has 1 heteroatoms. The summed E-state index contributed by atoms with van der Waals surface area (Å²) in [5.74, 6) is 1.25. The smallest absolute Gasteiger partial charge is 0.00451 e. The molecule has 0 aliphatic heterocycles. The van der Waals surface area contributed by atoms with E-state index in [-0.39, 0.29) is 0 Å². The summed E-state index contributed by atoms with van der Waals surface area (Å²) in [6.45, 7) is 0. The molecule has 1 aromatic carbocycles. The Balaban J connectivity index is 1.94. The SMILES string of the molecule is IC1=CC=C(c2ccccc2)C(C2C=CC=CC2)C1. The first-order valence-electron chi connectivity index (χ1n) is 6.79. The van der Waals surface area contributed by atoms with Crippen LogP contribution in [0.15, 0.2) is 70.4 Å². The van der Waals surface area contributed by atoms with Gasteiger partial charge in [-0.3, -0.25) is 0 Å². The van der Waals surface area contributed by atoms with Crippen molar-refractivity contribution >= 4 is 28.2 Å². The van der Waals surface area contributed by atoms with Crippen LogP contribution < -0.4 is 0 Å². The molecule has 0 nitrogen and oxygen atoms in total. The molecule has 2 aliphatic carbocycles. The number of allylic oxidation sites excluding steroid dienone is 8. The molecule has 0 bridgehead atoms. The van der Waals surface area contributed by atoms with E-state index < -0.39 is 0 Å². The van der Waals surface area contributed by atoms with Crippen molar-refractivity contribution in [3.8, 4) is 0 Å². The summed E-state index contributed by atoms with van der Waals surface area (Å²) >= 11 is 2.47. The van der Waals surface area contributed by atoms with Crippen LogP contribution in [-0.2, 0) is 0 Å². The molecule has 0 saturated heterocycles. The normalized spacial score (nSPS) is 25.9. The molecule has 3 rings (SSSR count). The lowest BCUT2D eigenvalue weighted by molar-refractivity contribution is 0.490. The summed E-state index contributed by atoms with van der Waals surface area (Å²) in [4.78, 5) is 0. The van der Waals surface area contributed by atoms with Gasteiger partial charge in [0.1, 0.15) is 0 Å². The summed E-state index contributed by atoms with van der Waals surface area (Å²) in [6.07, 6.45) is 15.9. The van der Waals surface area contributed by atoms with E-state index in [0.717, 1.165) is 6.42 Å². The van der Waals surface area contributed by atoms with Crippen molar-refractivity contribution in [2.75, 3.05) is 0 Å². The molecular weight excluding hydrogens is 343 g/mol. The van der Waals surface area contributed by atoms with E-state index in [0.29, 0.717) is 11.8 Å². The van der Waals surface area contributed by atoms with Gasteiger partial charge in [-0.05, 0) is 62.0 Å². The number of hydrogen-bond donors (Lipinski definition) is 0. The zero-order valence-corrected chi connectivity index (χ0v) is 13.0. The van der Waals surface area contributed by atoms with Gasteiger partial charge in [0.2, 0.25) is 0 Å². The fourth-order valence-electron chi connectivity index (χ4n) is 2.91. The molecule has 2 atom stereocenters. The highest BCUT2D eigenvalue weighted by atomic mass is 127. The average molecular weight is 360 g/mol. The van der Waals surface area contributed by atoms with E-state index >= 15 is 0 Å². The van der Waals surface area contributed by atoms with Crippen molar-refractivity contribution < 1.29 is 0 Å². The largest absolute Gasteiger partial charge is 0.0839 e. The first-order chi connectivity index (χ1) is 9.34. The van der Waals surface area contributed by atoms with Crippen molar-refractivity contribution in [2.45, 2.75) is 12.8 Å². The predicted molar refractivity (Wildman–Crippen MR) is 91.0 cm³/mol. The first kappa shape index (κ1) is 12.9. The van der Waals surface area contributed by atoms with Crippen LogP contribution in [0.3, 0.4) is 0 Å². The van der Waals surface area contributed by atoms with Crippen molar-refractivity contribution in [3.63, 3.8) is 0 Å². The summed E-state index contributed by atoms with van der Waals surface area (Å²) in [5, 5.41) is 0. The maximum atomic E-state index is 2.47. The molecule has 2 unspecified atom stereocenters. The van der Waals surface area contributed by atoms with Gasteiger partial charge in [-0.15, -0.1) is 0 Å². The van der Waals surface area contributed by atoms with Crippen LogP contribution in [0.25, 0.3) is 5.57 Å². The zero-order chi connectivity index (χ0) is 13.1. The highest BCUT2D eigenvalue weighted by molar-refractivity contribution is 14.1. The van der Waals surface area contributed by atoms with Gasteiger partial charge in [-0.1, -0.05) is 66.8 Å². The third-order valence-corrected chi connectivity index (χ3v) is 4.70. The second-order valence-corrected chi connectivity index (χ2v) is 6.51. The number of rotatable bonds is 2. The summed E-state index contributed by atoms with van der Waals surface area (Å²) in [7, 11) is 0. The maximum absolute atomic E-state index is 2.47. The second-order valence-electron chi connectivity index (χ2n) is 5.12. The second kappa shape index (κ2) is 5.91. The van der Waals surface area contributed by atoms with Gasteiger partial charge >= 0.3 is 0 Å². The highest BCUT2D eigenvalue weighted by Gasteiger charge is 2.26. The monoisotopic (exact) mass is 360 g/mol. The van der Waals surface area contributed by atoms with Gasteiger partial charge in [0.05, 0.1) is 0 Å². The summed E-state index contributed by atoms with van der Waals surface area (Å²) < 4.78 is 1.46. The number of halogens is 1. The fraction of sp³-hybridized carbons (Fsp3) is 0.222. The lowest BCUT2D eigenvalue weighted by atomic mass is 9.76. The van der Waals surface area contributed by atoms with E-state index in [9.17, 15) is 0 Å². The molecule has 0 radical (unpaired) electrons. The van der Waals surface area contributed by atoms with Crippen molar-refractivity contribution in [3.05, 3.63) is 75.9 Å². The molecular formula is C18H17I. The van der Waals surface area contributed by atoms with Gasteiger partial charge in [0, 0.05) is 0 Å². The molecule has 96 valence electrons. The van der Waals surface area contributed by atoms with Gasteiger partial charge in [-0.2, -0.15) is 0 Å². The Kier molecular flexibility index (Phi) is 4.02. The molecule has 19 heavy (non-hydrogen) atoms. The highest BCUT2D eigenvalue weighted by Crippen LogP contribution is 2.41. The predicted octanol–water partition coefficient (Wildman–Crippen LogP) is 5.54. The molecule has 0 heterocycles.